The summed E-state index contributed by atoms with van der Waals surface area (Å²) in [7, 11) is -3.40. The van der Waals surface area contributed by atoms with Crippen molar-refractivity contribution in [3.63, 3.8) is 0 Å². The van der Waals surface area contributed by atoms with Gasteiger partial charge < -0.3 is 4.57 Å². The monoisotopic (exact) mass is 477 g/mol. The number of carbonyl (C=O) groups is 1. The maximum absolute atomic E-state index is 13.1. The molecule has 174 valence electrons. The van der Waals surface area contributed by atoms with E-state index >= 15 is 0 Å². The molecule has 1 saturated heterocycles. The van der Waals surface area contributed by atoms with Crippen LogP contribution in [-0.4, -0.2) is 60.7 Å². The van der Waals surface area contributed by atoms with E-state index in [0.29, 0.717) is 43.8 Å². The van der Waals surface area contributed by atoms with Gasteiger partial charge in [0.25, 0.3) is 0 Å². The third-order valence-corrected chi connectivity index (χ3v) is 8.93. The highest BCUT2D eigenvalue weighted by Crippen LogP contribution is 2.33. The van der Waals surface area contributed by atoms with Gasteiger partial charge in [0.05, 0.1) is 12.3 Å². The van der Waals surface area contributed by atoms with E-state index in [0.717, 1.165) is 22.5 Å². The molecular weight excluding hydrogens is 446 g/mol. The van der Waals surface area contributed by atoms with Gasteiger partial charge in [-0.25, -0.2) is 8.42 Å². The average Bonchev–Trinajstić information content (AvgIpc) is 3.37. The Balaban J connectivity index is 1.34. The Morgan fingerprint density at radius 2 is 1.66 bits per heavy atom. The van der Waals surface area contributed by atoms with E-state index in [-0.39, 0.29) is 11.5 Å². The lowest BCUT2D eigenvalue weighted by atomic mass is 10.1. The minimum atomic E-state index is -3.40. The van der Waals surface area contributed by atoms with E-state index in [1.54, 1.807) is 24.3 Å². The molecule has 2 aromatic rings. The average molecular weight is 478 g/mol. The second-order valence-corrected chi connectivity index (χ2v) is 11.5. The zero-order chi connectivity index (χ0) is 22.9. The number of benzene rings is 1. The lowest BCUT2D eigenvalue weighted by Crippen LogP contribution is -2.50. The van der Waals surface area contributed by atoms with Crippen molar-refractivity contribution in [1.29, 1.82) is 0 Å². The predicted molar refractivity (Wildman–Crippen MR) is 128 cm³/mol. The standard InChI is InChI=1S/C24H32ClN3O3S/c1-18-15-23(19(2)28(18)22-5-3-4-6-22)24(29)16-26-11-13-27(14-12-26)32(30,31)17-20-7-9-21(25)10-8-20/h7-10,15,22H,3-6,11-14,16-17H2,1-2H3. The van der Waals surface area contributed by atoms with Crippen molar-refractivity contribution in [1.82, 2.24) is 13.8 Å². The normalized spacial score (nSPS) is 19.0. The summed E-state index contributed by atoms with van der Waals surface area (Å²) in [5.41, 5.74) is 3.77. The number of halogens is 1. The highest BCUT2D eigenvalue weighted by atomic mass is 35.5. The fourth-order valence-corrected chi connectivity index (χ4v) is 6.76. The Morgan fingerprint density at radius 3 is 2.28 bits per heavy atom. The van der Waals surface area contributed by atoms with Crippen LogP contribution in [0.3, 0.4) is 0 Å². The molecule has 0 amide bonds. The van der Waals surface area contributed by atoms with Crippen molar-refractivity contribution < 1.29 is 13.2 Å². The minimum Gasteiger partial charge on any atom is -0.345 e. The van der Waals surface area contributed by atoms with Gasteiger partial charge in [0.1, 0.15) is 0 Å². The fourth-order valence-electron chi connectivity index (χ4n) is 5.12. The largest absolute Gasteiger partial charge is 0.345 e. The highest BCUT2D eigenvalue weighted by molar-refractivity contribution is 7.88. The molecule has 6 nitrogen and oxygen atoms in total. The number of aryl methyl sites for hydroxylation is 1. The summed E-state index contributed by atoms with van der Waals surface area (Å²) in [6.07, 6.45) is 4.90. The van der Waals surface area contributed by atoms with Crippen LogP contribution >= 0.6 is 11.6 Å². The summed E-state index contributed by atoms with van der Waals surface area (Å²) in [6, 6.07) is 9.46. The number of rotatable bonds is 7. The topological polar surface area (TPSA) is 62.6 Å². The number of hydrogen-bond donors (Lipinski definition) is 0. The summed E-state index contributed by atoms with van der Waals surface area (Å²) in [6.45, 7) is 6.42. The maximum Gasteiger partial charge on any atom is 0.218 e. The Morgan fingerprint density at radius 1 is 1.03 bits per heavy atom. The molecule has 2 heterocycles. The summed E-state index contributed by atoms with van der Waals surface area (Å²) in [5, 5.41) is 0.591. The van der Waals surface area contributed by atoms with Crippen LogP contribution in [-0.2, 0) is 15.8 Å². The molecule has 32 heavy (non-hydrogen) atoms. The molecule has 1 aliphatic heterocycles. The van der Waals surface area contributed by atoms with Gasteiger partial charge in [-0.1, -0.05) is 36.6 Å². The quantitative estimate of drug-likeness (QED) is 0.560. The van der Waals surface area contributed by atoms with Gasteiger partial charge in [0.2, 0.25) is 10.0 Å². The third-order valence-electron chi connectivity index (χ3n) is 6.83. The van der Waals surface area contributed by atoms with Gasteiger partial charge in [-0.15, -0.1) is 0 Å². The Kier molecular flexibility index (Phi) is 7.10. The lowest BCUT2D eigenvalue weighted by molar-refractivity contribution is 0.0901. The van der Waals surface area contributed by atoms with Crippen molar-refractivity contribution in [2.24, 2.45) is 0 Å². The molecular formula is C24H32ClN3O3S. The van der Waals surface area contributed by atoms with E-state index < -0.39 is 10.0 Å². The lowest BCUT2D eigenvalue weighted by Gasteiger charge is -2.33. The molecule has 0 atom stereocenters. The highest BCUT2D eigenvalue weighted by Gasteiger charge is 2.29. The molecule has 1 aliphatic carbocycles. The van der Waals surface area contributed by atoms with Crippen LogP contribution in [0.2, 0.25) is 5.02 Å². The maximum atomic E-state index is 13.1. The molecule has 0 unspecified atom stereocenters. The van der Waals surface area contributed by atoms with Crippen molar-refractivity contribution in [3.05, 3.63) is 57.9 Å². The van der Waals surface area contributed by atoms with Crippen LogP contribution in [0, 0.1) is 13.8 Å². The van der Waals surface area contributed by atoms with Crippen molar-refractivity contribution in [2.75, 3.05) is 32.7 Å². The van der Waals surface area contributed by atoms with Gasteiger partial charge in [-0.3, -0.25) is 9.69 Å². The Labute approximate surface area is 196 Å². The number of nitrogens with zero attached hydrogens (tertiary/aromatic N) is 3. The fraction of sp³-hybridized carbons (Fsp3) is 0.542. The molecule has 0 N–H and O–H groups in total. The van der Waals surface area contributed by atoms with Gasteiger partial charge >= 0.3 is 0 Å². The molecule has 1 aromatic carbocycles. The number of piperazine rings is 1. The zero-order valence-electron chi connectivity index (χ0n) is 18.9. The SMILES string of the molecule is Cc1cc(C(=O)CN2CCN(S(=O)(=O)Cc3ccc(Cl)cc3)CC2)c(C)n1C1CCCC1. The van der Waals surface area contributed by atoms with Crippen molar-refractivity contribution in [2.45, 2.75) is 51.3 Å². The molecule has 2 aliphatic rings. The first-order valence-electron chi connectivity index (χ1n) is 11.4. The summed E-state index contributed by atoms with van der Waals surface area (Å²) < 4.78 is 29.5. The van der Waals surface area contributed by atoms with E-state index in [1.807, 2.05) is 6.07 Å². The second kappa shape index (κ2) is 9.67. The summed E-state index contributed by atoms with van der Waals surface area (Å²) in [5.74, 6) is 0.0933. The molecule has 0 bridgehead atoms. The van der Waals surface area contributed by atoms with Crippen molar-refractivity contribution in [3.8, 4) is 0 Å². The van der Waals surface area contributed by atoms with Crippen LogP contribution < -0.4 is 0 Å². The molecule has 4 rings (SSSR count). The van der Waals surface area contributed by atoms with Gasteiger partial charge in [-0.05, 0) is 50.5 Å². The molecule has 1 saturated carbocycles. The molecule has 2 fully saturated rings. The third kappa shape index (κ3) is 5.11. The van der Waals surface area contributed by atoms with Crippen molar-refractivity contribution >= 4 is 27.4 Å². The first-order chi connectivity index (χ1) is 15.2. The van der Waals surface area contributed by atoms with Gasteiger partial charge in [0.15, 0.2) is 5.78 Å². The zero-order valence-corrected chi connectivity index (χ0v) is 20.5. The Bertz CT molecular complexity index is 1060. The number of Topliss-reactive ketones (excluding diaryl/α,β-unsaturated/α-hetero) is 1. The number of sulfonamides is 1. The van der Waals surface area contributed by atoms with Crippen LogP contribution in [0.1, 0.15) is 59.0 Å². The smallest absolute Gasteiger partial charge is 0.218 e. The first-order valence-corrected chi connectivity index (χ1v) is 13.4. The molecule has 0 spiro atoms. The van der Waals surface area contributed by atoms with Crippen LogP contribution in [0.5, 0.6) is 0 Å². The number of hydrogen-bond acceptors (Lipinski definition) is 4. The van der Waals surface area contributed by atoms with E-state index in [4.69, 9.17) is 11.6 Å². The summed E-state index contributed by atoms with van der Waals surface area (Å²) in [4.78, 5) is 15.1. The van der Waals surface area contributed by atoms with Gasteiger partial charge in [0, 0.05) is 54.2 Å². The van der Waals surface area contributed by atoms with Crippen LogP contribution in [0.25, 0.3) is 0 Å². The number of ketones is 1. The predicted octanol–water partition coefficient (Wildman–Crippen LogP) is 4.20. The molecule has 0 radical (unpaired) electrons. The van der Waals surface area contributed by atoms with Crippen LogP contribution in [0.15, 0.2) is 30.3 Å². The first kappa shape index (κ1) is 23.5. The summed E-state index contributed by atoms with van der Waals surface area (Å²) >= 11 is 5.89. The van der Waals surface area contributed by atoms with Gasteiger partial charge in [-0.2, -0.15) is 4.31 Å². The number of aromatic nitrogens is 1. The van der Waals surface area contributed by atoms with E-state index in [9.17, 15) is 13.2 Å². The molecule has 1 aromatic heterocycles. The molecule has 8 heteroatoms. The van der Waals surface area contributed by atoms with Crippen LogP contribution in [0.4, 0.5) is 0 Å². The van der Waals surface area contributed by atoms with E-state index in [2.05, 4.69) is 23.3 Å². The second-order valence-electron chi connectivity index (χ2n) is 9.07. The minimum absolute atomic E-state index is 0.0315. The Hall–Kier alpha value is -1.67. The van der Waals surface area contributed by atoms with E-state index in [1.165, 1.54) is 30.0 Å². The number of carbonyl (C=O) groups excluding carboxylic acids is 1.